The molecule has 2 unspecified atom stereocenters. The number of nitrogens with one attached hydrogen (secondary N) is 1. The van der Waals surface area contributed by atoms with Crippen LogP contribution < -0.4 is 5.32 Å². The van der Waals surface area contributed by atoms with Gasteiger partial charge in [-0.15, -0.1) is 0 Å². The fraction of sp³-hybridized carbons (Fsp3) is 1.00. The van der Waals surface area contributed by atoms with Crippen molar-refractivity contribution in [3.8, 4) is 0 Å². The van der Waals surface area contributed by atoms with Gasteiger partial charge in [0, 0.05) is 25.3 Å². The van der Waals surface area contributed by atoms with Crippen molar-refractivity contribution in [2.45, 2.75) is 58.5 Å². The van der Waals surface area contributed by atoms with Crippen molar-refractivity contribution in [1.82, 2.24) is 10.2 Å². The highest BCUT2D eigenvalue weighted by Crippen LogP contribution is 2.23. The van der Waals surface area contributed by atoms with Crippen molar-refractivity contribution in [3.05, 3.63) is 0 Å². The van der Waals surface area contributed by atoms with Crippen molar-refractivity contribution < 1.29 is 4.74 Å². The summed E-state index contributed by atoms with van der Waals surface area (Å²) in [6, 6.07) is 1.31. The van der Waals surface area contributed by atoms with Gasteiger partial charge in [-0.05, 0) is 71.0 Å². The highest BCUT2D eigenvalue weighted by atomic mass is 16.5. The number of piperidine rings is 1. The van der Waals surface area contributed by atoms with Gasteiger partial charge < -0.3 is 15.0 Å². The number of ether oxygens (including phenoxy) is 1. The Morgan fingerprint density at radius 1 is 1.00 bits per heavy atom. The fourth-order valence-electron chi connectivity index (χ4n) is 3.67. The minimum absolute atomic E-state index is 0.642. The van der Waals surface area contributed by atoms with Crippen molar-refractivity contribution in [3.63, 3.8) is 0 Å². The van der Waals surface area contributed by atoms with Gasteiger partial charge in [-0.2, -0.15) is 0 Å². The lowest BCUT2D eigenvalue weighted by Gasteiger charge is -2.37. The third-order valence-corrected chi connectivity index (χ3v) is 5.29. The molecule has 0 amide bonds. The Labute approximate surface area is 119 Å². The maximum Gasteiger partial charge on any atom is 0.0469 e. The molecule has 2 fully saturated rings. The Balaban J connectivity index is 1.72. The number of hydrogen-bond acceptors (Lipinski definition) is 3. The summed E-state index contributed by atoms with van der Waals surface area (Å²) in [7, 11) is 0. The van der Waals surface area contributed by atoms with Crippen LogP contribution in [-0.4, -0.2) is 49.8 Å². The smallest absolute Gasteiger partial charge is 0.0469 e. The maximum absolute atomic E-state index is 5.46. The second-order valence-corrected chi connectivity index (χ2v) is 6.47. The molecular weight excluding hydrogens is 236 g/mol. The van der Waals surface area contributed by atoms with Crippen LogP contribution in [0.15, 0.2) is 0 Å². The molecule has 2 atom stereocenters. The van der Waals surface area contributed by atoms with Crippen LogP contribution in [0.5, 0.6) is 0 Å². The molecule has 2 rings (SSSR count). The van der Waals surface area contributed by atoms with Crippen molar-refractivity contribution in [2.24, 2.45) is 11.8 Å². The van der Waals surface area contributed by atoms with Gasteiger partial charge in [0.05, 0.1) is 0 Å². The van der Waals surface area contributed by atoms with Crippen molar-refractivity contribution in [2.75, 3.05) is 32.8 Å². The Kier molecular flexibility index (Phi) is 6.11. The van der Waals surface area contributed by atoms with E-state index in [-0.39, 0.29) is 0 Å². The zero-order chi connectivity index (χ0) is 13.7. The van der Waals surface area contributed by atoms with Crippen LogP contribution in [0.4, 0.5) is 0 Å². The van der Waals surface area contributed by atoms with Gasteiger partial charge in [-0.1, -0.05) is 6.92 Å². The molecule has 2 heterocycles. The quantitative estimate of drug-likeness (QED) is 0.829. The summed E-state index contributed by atoms with van der Waals surface area (Å²) in [5, 5.41) is 3.88. The maximum atomic E-state index is 5.46. The average Bonchev–Trinajstić information content (AvgIpc) is 2.48. The molecule has 3 heteroatoms. The van der Waals surface area contributed by atoms with Gasteiger partial charge in [0.1, 0.15) is 0 Å². The van der Waals surface area contributed by atoms with E-state index in [9.17, 15) is 0 Å². The van der Waals surface area contributed by atoms with Gasteiger partial charge >= 0.3 is 0 Å². The van der Waals surface area contributed by atoms with Gasteiger partial charge in [0.2, 0.25) is 0 Å². The standard InChI is InChI=1S/C16H32N2O/c1-4-18-9-5-15(6-10-18)13(2)17-14(3)16-7-11-19-12-8-16/h13-17H,4-12H2,1-3H3. The molecule has 1 N–H and O–H groups in total. The molecule has 0 radical (unpaired) electrons. The molecule has 2 aliphatic heterocycles. The Bertz CT molecular complexity index is 245. The minimum atomic E-state index is 0.642. The molecule has 19 heavy (non-hydrogen) atoms. The number of hydrogen-bond donors (Lipinski definition) is 1. The van der Waals surface area contributed by atoms with Crippen LogP contribution in [0, 0.1) is 11.8 Å². The lowest BCUT2D eigenvalue weighted by atomic mass is 9.87. The molecule has 0 bridgehead atoms. The molecule has 2 aliphatic rings. The van der Waals surface area contributed by atoms with Crippen molar-refractivity contribution in [1.29, 1.82) is 0 Å². The summed E-state index contributed by atoms with van der Waals surface area (Å²) in [6.07, 6.45) is 5.19. The topological polar surface area (TPSA) is 24.5 Å². The molecule has 2 saturated heterocycles. The summed E-state index contributed by atoms with van der Waals surface area (Å²) in [5.41, 5.74) is 0. The Morgan fingerprint density at radius 2 is 1.53 bits per heavy atom. The number of nitrogens with zero attached hydrogens (tertiary/aromatic N) is 1. The Morgan fingerprint density at radius 3 is 2.05 bits per heavy atom. The SMILES string of the molecule is CCN1CCC(C(C)NC(C)C2CCOCC2)CC1. The van der Waals surface area contributed by atoms with E-state index in [4.69, 9.17) is 4.74 Å². The minimum Gasteiger partial charge on any atom is -0.381 e. The fourth-order valence-corrected chi connectivity index (χ4v) is 3.67. The molecule has 0 spiro atoms. The average molecular weight is 268 g/mol. The summed E-state index contributed by atoms with van der Waals surface area (Å²) in [6.45, 7) is 12.7. The first-order valence-electron chi connectivity index (χ1n) is 8.26. The third-order valence-electron chi connectivity index (χ3n) is 5.29. The summed E-state index contributed by atoms with van der Waals surface area (Å²) in [4.78, 5) is 2.57. The summed E-state index contributed by atoms with van der Waals surface area (Å²) in [5.74, 6) is 1.68. The van der Waals surface area contributed by atoms with E-state index in [0.717, 1.165) is 25.0 Å². The second kappa shape index (κ2) is 7.61. The molecule has 112 valence electrons. The largest absolute Gasteiger partial charge is 0.381 e. The molecule has 3 nitrogen and oxygen atoms in total. The molecular formula is C16H32N2O. The van der Waals surface area contributed by atoms with Gasteiger partial charge in [-0.25, -0.2) is 0 Å². The highest BCUT2D eigenvalue weighted by molar-refractivity contribution is 4.83. The lowest BCUT2D eigenvalue weighted by molar-refractivity contribution is 0.0522. The van der Waals surface area contributed by atoms with E-state index < -0.39 is 0 Å². The predicted molar refractivity (Wildman–Crippen MR) is 80.4 cm³/mol. The predicted octanol–water partition coefficient (Wildman–Crippen LogP) is 2.51. The zero-order valence-corrected chi connectivity index (χ0v) is 13.0. The van der Waals surface area contributed by atoms with E-state index in [2.05, 4.69) is 31.0 Å². The van der Waals surface area contributed by atoms with Crippen LogP contribution in [0.1, 0.15) is 46.5 Å². The van der Waals surface area contributed by atoms with E-state index >= 15 is 0 Å². The number of likely N-dealkylation sites (tertiary alicyclic amines) is 1. The van der Waals surface area contributed by atoms with Crippen molar-refractivity contribution >= 4 is 0 Å². The van der Waals surface area contributed by atoms with Crippen LogP contribution in [0.3, 0.4) is 0 Å². The molecule has 0 aromatic carbocycles. The molecule has 0 saturated carbocycles. The second-order valence-electron chi connectivity index (χ2n) is 6.47. The summed E-state index contributed by atoms with van der Waals surface area (Å²) >= 11 is 0. The first-order valence-corrected chi connectivity index (χ1v) is 8.26. The van der Waals surface area contributed by atoms with E-state index in [1.165, 1.54) is 45.3 Å². The van der Waals surface area contributed by atoms with Gasteiger partial charge in [0.15, 0.2) is 0 Å². The lowest BCUT2D eigenvalue weighted by Crippen LogP contribution is -2.47. The molecule has 0 aromatic rings. The van der Waals surface area contributed by atoms with Crippen LogP contribution in [0.25, 0.3) is 0 Å². The van der Waals surface area contributed by atoms with E-state index in [1.54, 1.807) is 0 Å². The Hall–Kier alpha value is -0.120. The first kappa shape index (κ1) is 15.3. The van der Waals surface area contributed by atoms with E-state index in [0.29, 0.717) is 12.1 Å². The summed E-state index contributed by atoms with van der Waals surface area (Å²) < 4.78 is 5.46. The molecule has 0 aromatic heterocycles. The number of rotatable bonds is 5. The zero-order valence-electron chi connectivity index (χ0n) is 13.0. The van der Waals surface area contributed by atoms with Crippen LogP contribution in [-0.2, 0) is 4.74 Å². The van der Waals surface area contributed by atoms with Crippen LogP contribution in [0.2, 0.25) is 0 Å². The normalized spacial score (nSPS) is 27.3. The third kappa shape index (κ3) is 4.44. The highest BCUT2D eigenvalue weighted by Gasteiger charge is 2.26. The monoisotopic (exact) mass is 268 g/mol. The van der Waals surface area contributed by atoms with Gasteiger partial charge in [0.25, 0.3) is 0 Å². The van der Waals surface area contributed by atoms with Crippen LogP contribution >= 0.6 is 0 Å². The molecule has 0 aliphatic carbocycles. The van der Waals surface area contributed by atoms with Gasteiger partial charge in [-0.3, -0.25) is 0 Å². The first-order chi connectivity index (χ1) is 9.20. The van der Waals surface area contributed by atoms with E-state index in [1.807, 2.05) is 0 Å².